The van der Waals surface area contributed by atoms with Crippen LogP contribution in [-0.4, -0.2) is 0 Å². The maximum atomic E-state index is 2.49. The molecule has 2 aliphatic carbocycles. The topological polar surface area (TPSA) is 0 Å². The van der Waals surface area contributed by atoms with E-state index in [9.17, 15) is 0 Å². The minimum absolute atomic E-state index is 0.797. The number of hydrogen-bond donors (Lipinski definition) is 0. The van der Waals surface area contributed by atoms with Crippen molar-refractivity contribution in [3.8, 4) is 0 Å². The quantitative estimate of drug-likeness (QED) is 0.411. The molecule has 0 atom stereocenters. The molecular formula is C30H44. The van der Waals surface area contributed by atoms with Gasteiger partial charge < -0.3 is 0 Å². The molecule has 0 aliphatic heterocycles. The van der Waals surface area contributed by atoms with Crippen molar-refractivity contribution in [2.24, 2.45) is 17.8 Å². The molecule has 2 fully saturated rings. The lowest BCUT2D eigenvalue weighted by Crippen LogP contribution is -2.17. The number of rotatable bonds is 8. The van der Waals surface area contributed by atoms with Crippen LogP contribution in [-0.2, 0) is 6.42 Å². The molecule has 0 nitrogen and oxygen atoms in total. The first-order chi connectivity index (χ1) is 14.7. The van der Waals surface area contributed by atoms with E-state index in [1.165, 1.54) is 106 Å². The summed E-state index contributed by atoms with van der Waals surface area (Å²) in [6, 6.07) is 14.4. The third-order valence-corrected chi connectivity index (χ3v) is 8.43. The Balaban J connectivity index is 1.24. The SMILES string of the molecule is CCCc1ccc2cc(C3CCC(CCC4CCC(CCC)CC4)CC3)ccc2c1. The fourth-order valence-corrected chi connectivity index (χ4v) is 6.48. The first-order valence-corrected chi connectivity index (χ1v) is 13.3. The zero-order chi connectivity index (χ0) is 20.8. The van der Waals surface area contributed by atoms with Crippen LogP contribution in [0.4, 0.5) is 0 Å². The van der Waals surface area contributed by atoms with Gasteiger partial charge >= 0.3 is 0 Å². The summed E-state index contributed by atoms with van der Waals surface area (Å²) in [7, 11) is 0. The Morgan fingerprint density at radius 3 is 1.80 bits per heavy atom. The minimum atomic E-state index is 0.797. The molecule has 2 aliphatic rings. The zero-order valence-electron chi connectivity index (χ0n) is 19.7. The van der Waals surface area contributed by atoms with E-state index in [-0.39, 0.29) is 0 Å². The van der Waals surface area contributed by atoms with E-state index in [0.717, 1.165) is 23.7 Å². The van der Waals surface area contributed by atoms with Gasteiger partial charge in [0.25, 0.3) is 0 Å². The van der Waals surface area contributed by atoms with Crippen LogP contribution in [0.15, 0.2) is 36.4 Å². The van der Waals surface area contributed by atoms with Crippen LogP contribution >= 0.6 is 0 Å². The summed E-state index contributed by atoms with van der Waals surface area (Å²) in [4.78, 5) is 0. The summed E-state index contributed by atoms with van der Waals surface area (Å²) < 4.78 is 0. The normalized spacial score (nSPS) is 27.4. The smallest absolute Gasteiger partial charge is 0.0162 e. The predicted molar refractivity (Wildman–Crippen MR) is 132 cm³/mol. The summed E-state index contributed by atoms with van der Waals surface area (Å²) in [5.41, 5.74) is 3.08. The summed E-state index contributed by atoms with van der Waals surface area (Å²) in [6.45, 7) is 4.62. The largest absolute Gasteiger partial charge is 0.0654 e. The Labute approximate surface area is 185 Å². The average Bonchev–Trinajstić information content (AvgIpc) is 2.79. The third kappa shape index (κ3) is 5.68. The molecule has 0 bridgehead atoms. The molecule has 4 rings (SSSR count). The fraction of sp³-hybridized carbons (Fsp3) is 0.667. The van der Waals surface area contributed by atoms with Gasteiger partial charge in [-0.1, -0.05) is 108 Å². The number of aryl methyl sites for hydroxylation is 1. The first-order valence-electron chi connectivity index (χ1n) is 13.3. The Hall–Kier alpha value is -1.30. The average molecular weight is 405 g/mol. The van der Waals surface area contributed by atoms with Crippen LogP contribution in [0.1, 0.15) is 114 Å². The van der Waals surface area contributed by atoms with Crippen LogP contribution < -0.4 is 0 Å². The monoisotopic (exact) mass is 404 g/mol. The maximum Gasteiger partial charge on any atom is -0.0162 e. The van der Waals surface area contributed by atoms with E-state index in [1.807, 2.05) is 0 Å². The number of benzene rings is 2. The highest BCUT2D eigenvalue weighted by atomic mass is 14.3. The van der Waals surface area contributed by atoms with Crippen molar-refractivity contribution in [2.75, 3.05) is 0 Å². The highest BCUT2D eigenvalue weighted by Gasteiger charge is 2.25. The van der Waals surface area contributed by atoms with E-state index >= 15 is 0 Å². The Morgan fingerprint density at radius 2 is 1.17 bits per heavy atom. The predicted octanol–water partition coefficient (Wildman–Crippen LogP) is 9.45. The lowest BCUT2D eigenvalue weighted by Gasteiger charge is -2.32. The van der Waals surface area contributed by atoms with Gasteiger partial charge in [-0.2, -0.15) is 0 Å². The van der Waals surface area contributed by atoms with E-state index in [4.69, 9.17) is 0 Å². The van der Waals surface area contributed by atoms with Crippen molar-refractivity contribution in [3.63, 3.8) is 0 Å². The van der Waals surface area contributed by atoms with Gasteiger partial charge in [-0.3, -0.25) is 0 Å². The van der Waals surface area contributed by atoms with Gasteiger partial charge in [0.05, 0.1) is 0 Å². The lowest BCUT2D eigenvalue weighted by molar-refractivity contribution is 0.224. The fourth-order valence-electron chi connectivity index (χ4n) is 6.48. The molecule has 0 radical (unpaired) electrons. The summed E-state index contributed by atoms with van der Waals surface area (Å²) in [5, 5.41) is 2.86. The second kappa shape index (κ2) is 10.8. The number of hydrogen-bond acceptors (Lipinski definition) is 0. The van der Waals surface area contributed by atoms with Crippen molar-refractivity contribution in [1.29, 1.82) is 0 Å². The van der Waals surface area contributed by atoms with Gasteiger partial charge in [0.1, 0.15) is 0 Å². The van der Waals surface area contributed by atoms with Crippen molar-refractivity contribution < 1.29 is 0 Å². The highest BCUT2D eigenvalue weighted by Crippen LogP contribution is 2.40. The molecule has 2 aromatic rings. The molecule has 0 amide bonds. The third-order valence-electron chi connectivity index (χ3n) is 8.43. The van der Waals surface area contributed by atoms with Gasteiger partial charge in [-0.15, -0.1) is 0 Å². The summed E-state index contributed by atoms with van der Waals surface area (Å²) in [6.07, 6.45) is 20.1. The summed E-state index contributed by atoms with van der Waals surface area (Å²) in [5.74, 6) is 3.91. The van der Waals surface area contributed by atoms with Crippen LogP contribution in [0.3, 0.4) is 0 Å². The van der Waals surface area contributed by atoms with Gasteiger partial charge in [-0.05, 0) is 77.7 Å². The Morgan fingerprint density at radius 1 is 0.600 bits per heavy atom. The van der Waals surface area contributed by atoms with Crippen molar-refractivity contribution >= 4 is 10.8 Å². The molecule has 0 spiro atoms. The highest BCUT2D eigenvalue weighted by molar-refractivity contribution is 5.84. The van der Waals surface area contributed by atoms with E-state index in [0.29, 0.717) is 0 Å². The molecule has 0 heteroatoms. The summed E-state index contributed by atoms with van der Waals surface area (Å²) >= 11 is 0. The van der Waals surface area contributed by atoms with Crippen molar-refractivity contribution in [1.82, 2.24) is 0 Å². The molecule has 0 saturated heterocycles. The Bertz CT molecular complexity index is 772. The van der Waals surface area contributed by atoms with Gasteiger partial charge in [0.15, 0.2) is 0 Å². The van der Waals surface area contributed by atoms with Crippen LogP contribution in [0.25, 0.3) is 10.8 Å². The van der Waals surface area contributed by atoms with Crippen molar-refractivity contribution in [2.45, 2.75) is 110 Å². The van der Waals surface area contributed by atoms with Gasteiger partial charge in [0, 0.05) is 0 Å². The molecule has 2 saturated carbocycles. The molecule has 0 aromatic heterocycles. The molecule has 2 aromatic carbocycles. The Kier molecular flexibility index (Phi) is 7.91. The second-order valence-corrected chi connectivity index (χ2v) is 10.7. The molecule has 30 heavy (non-hydrogen) atoms. The lowest BCUT2D eigenvalue weighted by atomic mass is 9.74. The van der Waals surface area contributed by atoms with Crippen LogP contribution in [0.2, 0.25) is 0 Å². The van der Waals surface area contributed by atoms with E-state index < -0.39 is 0 Å². The van der Waals surface area contributed by atoms with Crippen molar-refractivity contribution in [3.05, 3.63) is 47.5 Å². The van der Waals surface area contributed by atoms with Crippen LogP contribution in [0.5, 0.6) is 0 Å². The van der Waals surface area contributed by atoms with E-state index in [2.05, 4.69) is 50.2 Å². The molecule has 0 unspecified atom stereocenters. The first kappa shape index (κ1) is 21.9. The molecular weight excluding hydrogens is 360 g/mol. The van der Waals surface area contributed by atoms with Gasteiger partial charge in [0.2, 0.25) is 0 Å². The van der Waals surface area contributed by atoms with E-state index in [1.54, 1.807) is 5.56 Å². The second-order valence-electron chi connectivity index (χ2n) is 10.7. The molecule has 0 heterocycles. The maximum absolute atomic E-state index is 2.49. The van der Waals surface area contributed by atoms with Gasteiger partial charge in [-0.25, -0.2) is 0 Å². The minimum Gasteiger partial charge on any atom is -0.0654 e. The molecule has 0 N–H and O–H groups in total. The zero-order valence-corrected chi connectivity index (χ0v) is 19.7. The molecule has 164 valence electrons. The number of fused-ring (bicyclic) bond motifs is 1. The van der Waals surface area contributed by atoms with Crippen LogP contribution in [0, 0.1) is 17.8 Å². The standard InChI is InChI=1S/C30H44/c1-3-5-23-7-9-24(10-8-23)11-12-25-13-16-27(17-14-25)29-20-19-28-21-26(6-4-2)15-18-30(28)22-29/h15,18-25,27H,3-14,16-17H2,1-2H3.